The summed E-state index contributed by atoms with van der Waals surface area (Å²) in [6.45, 7) is 4.92. The molecule has 0 amide bonds. The zero-order chi connectivity index (χ0) is 12.1. The zero-order valence-electron chi connectivity index (χ0n) is 9.37. The van der Waals surface area contributed by atoms with Crippen molar-refractivity contribution < 1.29 is 13.2 Å². The molecule has 5 heteroatoms. The number of sulfone groups is 1. The van der Waals surface area contributed by atoms with E-state index in [0.29, 0.717) is 5.69 Å². The fourth-order valence-corrected chi connectivity index (χ4v) is 3.45. The molecule has 1 aliphatic rings. The molecule has 1 aliphatic heterocycles. The fourth-order valence-electron chi connectivity index (χ4n) is 1.78. The number of anilines is 1. The monoisotopic (exact) mass is 239 g/mol. The van der Waals surface area contributed by atoms with Gasteiger partial charge in [-0.3, -0.25) is 4.79 Å². The molecule has 4 nitrogen and oxygen atoms in total. The van der Waals surface area contributed by atoms with E-state index >= 15 is 0 Å². The third-order valence-corrected chi connectivity index (χ3v) is 4.54. The number of hydrogen-bond acceptors (Lipinski definition) is 4. The van der Waals surface area contributed by atoms with Crippen LogP contribution in [0.2, 0.25) is 0 Å². The molecule has 1 aromatic rings. The van der Waals surface area contributed by atoms with Crippen LogP contribution in [-0.2, 0) is 14.6 Å². The lowest BCUT2D eigenvalue weighted by atomic mass is 10.1. The highest BCUT2D eigenvalue weighted by molar-refractivity contribution is 8.06. The SMILES string of the molecule is Cc1ccc2c(c1)S(=O)(=O)C(=O)C(C)(C)N2. The van der Waals surface area contributed by atoms with E-state index in [4.69, 9.17) is 0 Å². The predicted octanol–water partition coefficient (Wildman–Crippen LogP) is 1.50. The number of carbonyl (C=O) groups is 1. The molecule has 0 atom stereocenters. The number of benzene rings is 1. The molecule has 1 heterocycles. The van der Waals surface area contributed by atoms with Gasteiger partial charge in [0.25, 0.3) is 5.12 Å². The summed E-state index contributed by atoms with van der Waals surface area (Å²) in [5.74, 6) is 0. The van der Waals surface area contributed by atoms with Crippen molar-refractivity contribution in [2.45, 2.75) is 31.2 Å². The Hall–Kier alpha value is -1.36. The molecule has 0 radical (unpaired) electrons. The van der Waals surface area contributed by atoms with E-state index in [1.165, 1.54) is 6.07 Å². The van der Waals surface area contributed by atoms with Gasteiger partial charge in [0.05, 0.1) is 10.6 Å². The van der Waals surface area contributed by atoms with Gasteiger partial charge in [0.2, 0.25) is 9.84 Å². The Labute approximate surface area is 94.6 Å². The number of aryl methyl sites for hydroxylation is 1. The van der Waals surface area contributed by atoms with Crippen molar-refractivity contribution in [3.63, 3.8) is 0 Å². The summed E-state index contributed by atoms with van der Waals surface area (Å²) in [6, 6.07) is 5.02. The number of rotatable bonds is 0. The minimum atomic E-state index is -3.85. The van der Waals surface area contributed by atoms with Crippen molar-refractivity contribution in [1.29, 1.82) is 0 Å². The first-order valence-corrected chi connectivity index (χ1v) is 6.42. The molecule has 86 valence electrons. The molecule has 0 spiro atoms. The summed E-state index contributed by atoms with van der Waals surface area (Å²) in [5, 5.41) is 2.16. The maximum atomic E-state index is 12.0. The molecule has 0 unspecified atom stereocenters. The van der Waals surface area contributed by atoms with Gasteiger partial charge < -0.3 is 5.32 Å². The first-order valence-electron chi connectivity index (χ1n) is 4.93. The van der Waals surface area contributed by atoms with Crippen LogP contribution in [0.3, 0.4) is 0 Å². The molecule has 0 saturated carbocycles. The molecule has 0 aromatic heterocycles. The summed E-state index contributed by atoms with van der Waals surface area (Å²) in [6.07, 6.45) is 0. The Morgan fingerprint density at radius 2 is 1.88 bits per heavy atom. The number of fused-ring (bicyclic) bond motifs is 1. The lowest BCUT2D eigenvalue weighted by Gasteiger charge is -2.31. The van der Waals surface area contributed by atoms with E-state index in [1.807, 2.05) is 6.07 Å². The second kappa shape index (κ2) is 3.07. The molecule has 16 heavy (non-hydrogen) atoms. The minimum absolute atomic E-state index is 0.0804. The third-order valence-electron chi connectivity index (χ3n) is 2.63. The lowest BCUT2D eigenvalue weighted by Crippen LogP contribution is -2.48. The first kappa shape index (κ1) is 11.1. The van der Waals surface area contributed by atoms with Crippen molar-refractivity contribution in [2.75, 3.05) is 5.32 Å². The summed E-state index contributed by atoms with van der Waals surface area (Å²) < 4.78 is 24.0. The average Bonchev–Trinajstić information content (AvgIpc) is 2.17. The highest BCUT2D eigenvalue weighted by Crippen LogP contribution is 2.34. The Kier molecular flexibility index (Phi) is 2.14. The normalized spacial score (nSPS) is 21.1. The van der Waals surface area contributed by atoms with Gasteiger partial charge in [-0.05, 0) is 38.5 Å². The van der Waals surface area contributed by atoms with Crippen LogP contribution in [0.15, 0.2) is 23.1 Å². The van der Waals surface area contributed by atoms with Crippen molar-refractivity contribution in [3.05, 3.63) is 23.8 Å². The molecule has 0 fully saturated rings. The molecule has 1 N–H and O–H groups in total. The van der Waals surface area contributed by atoms with Crippen LogP contribution in [0.25, 0.3) is 0 Å². The van der Waals surface area contributed by atoms with Gasteiger partial charge >= 0.3 is 0 Å². The average molecular weight is 239 g/mol. The predicted molar refractivity (Wildman–Crippen MR) is 61.1 cm³/mol. The zero-order valence-corrected chi connectivity index (χ0v) is 10.2. The van der Waals surface area contributed by atoms with E-state index in [0.717, 1.165) is 5.56 Å². The highest BCUT2D eigenvalue weighted by atomic mass is 32.2. The van der Waals surface area contributed by atoms with Gasteiger partial charge in [-0.15, -0.1) is 0 Å². The standard InChI is InChI=1S/C11H13NO3S/c1-7-4-5-8-9(6-7)16(14,15)10(13)11(2,3)12-8/h4-6,12H,1-3H3. The smallest absolute Gasteiger partial charge is 0.275 e. The lowest BCUT2D eigenvalue weighted by molar-refractivity contribution is -0.114. The fraction of sp³-hybridized carbons (Fsp3) is 0.364. The molecule has 2 rings (SSSR count). The van der Waals surface area contributed by atoms with E-state index in [9.17, 15) is 13.2 Å². The van der Waals surface area contributed by atoms with Crippen LogP contribution in [0, 0.1) is 6.92 Å². The molecule has 1 aromatic carbocycles. The number of nitrogens with one attached hydrogen (secondary N) is 1. The van der Waals surface area contributed by atoms with Crippen LogP contribution in [0.1, 0.15) is 19.4 Å². The van der Waals surface area contributed by atoms with Crippen molar-refractivity contribution in [1.82, 2.24) is 0 Å². The van der Waals surface area contributed by atoms with Gasteiger partial charge in [-0.2, -0.15) is 0 Å². The van der Waals surface area contributed by atoms with E-state index < -0.39 is 20.5 Å². The van der Waals surface area contributed by atoms with Gasteiger partial charge in [0.1, 0.15) is 5.54 Å². The Balaban J connectivity index is 2.77. The molecular formula is C11H13NO3S. The minimum Gasteiger partial charge on any atom is -0.371 e. The van der Waals surface area contributed by atoms with Crippen LogP contribution in [-0.4, -0.2) is 19.1 Å². The van der Waals surface area contributed by atoms with Gasteiger partial charge in [-0.1, -0.05) is 6.07 Å². The second-order valence-corrected chi connectivity index (χ2v) is 6.36. The number of carbonyl (C=O) groups excluding carboxylic acids is 1. The van der Waals surface area contributed by atoms with E-state index in [-0.39, 0.29) is 4.90 Å². The summed E-state index contributed by atoms with van der Waals surface area (Å²) in [7, 11) is -3.85. The quantitative estimate of drug-likeness (QED) is 0.745. The Morgan fingerprint density at radius 1 is 1.25 bits per heavy atom. The molecule has 0 aliphatic carbocycles. The molecular weight excluding hydrogens is 226 g/mol. The van der Waals surface area contributed by atoms with Crippen LogP contribution in [0.5, 0.6) is 0 Å². The van der Waals surface area contributed by atoms with Crippen molar-refractivity contribution >= 4 is 20.6 Å². The van der Waals surface area contributed by atoms with E-state index in [1.54, 1.807) is 26.8 Å². The Morgan fingerprint density at radius 3 is 2.50 bits per heavy atom. The van der Waals surface area contributed by atoms with Crippen LogP contribution >= 0.6 is 0 Å². The van der Waals surface area contributed by atoms with Gasteiger partial charge in [-0.25, -0.2) is 8.42 Å². The first-order chi connectivity index (χ1) is 7.25. The van der Waals surface area contributed by atoms with Crippen LogP contribution < -0.4 is 5.32 Å². The van der Waals surface area contributed by atoms with Gasteiger partial charge in [0.15, 0.2) is 0 Å². The molecule has 0 saturated heterocycles. The highest BCUT2D eigenvalue weighted by Gasteiger charge is 2.44. The topological polar surface area (TPSA) is 63.2 Å². The van der Waals surface area contributed by atoms with E-state index in [2.05, 4.69) is 5.32 Å². The van der Waals surface area contributed by atoms with Crippen molar-refractivity contribution in [3.8, 4) is 0 Å². The van der Waals surface area contributed by atoms with Gasteiger partial charge in [0, 0.05) is 0 Å². The third kappa shape index (κ3) is 1.43. The number of hydrogen-bond donors (Lipinski definition) is 1. The maximum absolute atomic E-state index is 12.0. The van der Waals surface area contributed by atoms with Crippen LogP contribution in [0.4, 0.5) is 5.69 Å². The Bertz CT molecular complexity index is 573. The summed E-state index contributed by atoms with van der Waals surface area (Å²) >= 11 is 0. The molecule has 0 bridgehead atoms. The summed E-state index contributed by atoms with van der Waals surface area (Å²) in [4.78, 5) is 11.9. The largest absolute Gasteiger partial charge is 0.371 e. The maximum Gasteiger partial charge on any atom is 0.275 e. The second-order valence-electron chi connectivity index (χ2n) is 4.54. The van der Waals surface area contributed by atoms with Crippen molar-refractivity contribution in [2.24, 2.45) is 0 Å². The summed E-state index contributed by atoms with van der Waals surface area (Å²) in [5.41, 5.74) is 0.244.